The Bertz CT molecular complexity index is 1300. The molecule has 0 unspecified atom stereocenters. The van der Waals surface area contributed by atoms with Gasteiger partial charge in [0.2, 0.25) is 0 Å². The van der Waals surface area contributed by atoms with Crippen molar-refractivity contribution in [3.63, 3.8) is 0 Å². The number of nitrogens with one attached hydrogen (secondary N) is 1. The molecule has 33 heavy (non-hydrogen) atoms. The van der Waals surface area contributed by atoms with Crippen molar-refractivity contribution in [1.29, 1.82) is 5.26 Å². The smallest absolute Gasteiger partial charge is 0.101 e. The fraction of sp³-hybridized carbons (Fsp3) is 0.407. The molecule has 1 aromatic heterocycles. The lowest BCUT2D eigenvalue weighted by Gasteiger charge is -2.57. The molecule has 1 spiro atoms. The third-order valence-corrected chi connectivity index (χ3v) is 8.35. The van der Waals surface area contributed by atoms with Crippen molar-refractivity contribution in [2.45, 2.75) is 37.5 Å². The molecule has 1 N–H and O–H groups in total. The van der Waals surface area contributed by atoms with Gasteiger partial charge in [-0.15, -0.1) is 0 Å². The molecule has 3 fully saturated rings. The second kappa shape index (κ2) is 6.93. The first-order chi connectivity index (χ1) is 16.1. The number of nitrogens with zero attached hydrogens (tertiary/aromatic N) is 5. The predicted molar refractivity (Wildman–Crippen MR) is 130 cm³/mol. The van der Waals surface area contributed by atoms with Crippen molar-refractivity contribution in [2.75, 3.05) is 42.5 Å². The minimum atomic E-state index is 0.399. The van der Waals surface area contributed by atoms with E-state index in [2.05, 4.69) is 68.3 Å². The highest BCUT2D eigenvalue weighted by Gasteiger charge is 2.47. The number of benzene rings is 2. The number of anilines is 2. The van der Waals surface area contributed by atoms with E-state index in [1.54, 1.807) is 6.20 Å². The minimum Gasteiger partial charge on any atom is -0.368 e. The van der Waals surface area contributed by atoms with Gasteiger partial charge >= 0.3 is 0 Å². The molecular formula is C27H28N6. The van der Waals surface area contributed by atoms with Crippen molar-refractivity contribution < 1.29 is 0 Å². The Hall–Kier alpha value is -3.14. The number of rotatable bonds is 2. The predicted octanol–water partition coefficient (Wildman–Crippen LogP) is 3.42. The van der Waals surface area contributed by atoms with Crippen LogP contribution in [0.5, 0.6) is 0 Å². The number of fused-ring (bicyclic) bond motifs is 4. The summed E-state index contributed by atoms with van der Waals surface area (Å²) in [7, 11) is 0. The highest BCUT2D eigenvalue weighted by atomic mass is 15.3. The highest BCUT2D eigenvalue weighted by molar-refractivity contribution is 5.95. The summed E-state index contributed by atoms with van der Waals surface area (Å²) in [6, 6.07) is 18.4. The largest absolute Gasteiger partial charge is 0.368 e. The zero-order chi connectivity index (χ0) is 22.2. The second-order valence-electron chi connectivity index (χ2n) is 10.3. The Morgan fingerprint density at radius 2 is 2.00 bits per heavy atom. The zero-order valence-corrected chi connectivity index (χ0v) is 19.0. The van der Waals surface area contributed by atoms with Gasteiger partial charge in [-0.1, -0.05) is 6.07 Å². The third kappa shape index (κ3) is 2.82. The molecular weight excluding hydrogens is 408 g/mol. The average Bonchev–Trinajstić information content (AvgIpc) is 3.15. The van der Waals surface area contributed by atoms with Crippen LogP contribution in [0.1, 0.15) is 36.1 Å². The lowest BCUT2D eigenvalue weighted by Crippen LogP contribution is -2.75. The maximum absolute atomic E-state index is 9.52. The van der Waals surface area contributed by atoms with E-state index in [0.717, 1.165) is 43.6 Å². The first-order valence-corrected chi connectivity index (χ1v) is 12.1. The second-order valence-corrected chi connectivity index (χ2v) is 10.3. The summed E-state index contributed by atoms with van der Waals surface area (Å²) in [5.74, 6) is 0. The van der Waals surface area contributed by atoms with Gasteiger partial charge in [-0.05, 0) is 67.4 Å². The van der Waals surface area contributed by atoms with E-state index in [-0.39, 0.29) is 0 Å². The van der Waals surface area contributed by atoms with Gasteiger partial charge < -0.3 is 15.1 Å². The Kier molecular flexibility index (Phi) is 4.06. The average molecular weight is 437 g/mol. The molecule has 2 aromatic carbocycles. The molecule has 4 aliphatic heterocycles. The highest BCUT2D eigenvalue weighted by Crippen LogP contribution is 2.43. The molecule has 166 valence electrons. The first-order valence-electron chi connectivity index (χ1n) is 12.1. The Morgan fingerprint density at radius 3 is 2.79 bits per heavy atom. The summed E-state index contributed by atoms with van der Waals surface area (Å²) in [5, 5.41) is 14.2. The first kappa shape index (κ1) is 19.3. The molecule has 6 nitrogen and oxygen atoms in total. The van der Waals surface area contributed by atoms with Crippen LogP contribution >= 0.6 is 0 Å². The molecule has 5 heterocycles. The normalized spacial score (nSPS) is 25.3. The van der Waals surface area contributed by atoms with Crippen LogP contribution in [0.2, 0.25) is 0 Å². The van der Waals surface area contributed by atoms with Crippen molar-refractivity contribution in [2.24, 2.45) is 0 Å². The SMILES string of the molecule is C[C@@H]1CN(c2ccc(C#N)c3ncccc23)C[C@@H]2c3ccc(N4CC5(CCN5)C4)cc3CN12. The number of hydrogen-bond donors (Lipinski definition) is 1. The maximum Gasteiger partial charge on any atom is 0.101 e. The van der Waals surface area contributed by atoms with Crippen LogP contribution in [0, 0.1) is 11.3 Å². The molecule has 4 aliphatic rings. The van der Waals surface area contributed by atoms with E-state index in [0.29, 0.717) is 23.2 Å². The number of hydrogen-bond acceptors (Lipinski definition) is 6. The number of nitriles is 1. The quantitative estimate of drug-likeness (QED) is 0.664. The Morgan fingerprint density at radius 1 is 1.12 bits per heavy atom. The molecule has 0 bridgehead atoms. The lowest BCUT2D eigenvalue weighted by atomic mass is 9.80. The minimum absolute atomic E-state index is 0.399. The van der Waals surface area contributed by atoms with Gasteiger partial charge in [-0.25, -0.2) is 0 Å². The van der Waals surface area contributed by atoms with Gasteiger partial charge in [0.15, 0.2) is 0 Å². The van der Waals surface area contributed by atoms with Gasteiger partial charge in [0.25, 0.3) is 0 Å². The van der Waals surface area contributed by atoms with E-state index in [9.17, 15) is 5.26 Å². The van der Waals surface area contributed by atoms with Crippen LogP contribution in [-0.2, 0) is 6.54 Å². The van der Waals surface area contributed by atoms with Crippen molar-refractivity contribution in [1.82, 2.24) is 15.2 Å². The summed E-state index contributed by atoms with van der Waals surface area (Å²) >= 11 is 0. The summed E-state index contributed by atoms with van der Waals surface area (Å²) < 4.78 is 0. The van der Waals surface area contributed by atoms with E-state index in [4.69, 9.17) is 0 Å². The topological polar surface area (TPSA) is 58.4 Å². The summed E-state index contributed by atoms with van der Waals surface area (Å²) in [4.78, 5) is 12.2. The molecule has 0 amide bonds. The van der Waals surface area contributed by atoms with E-state index >= 15 is 0 Å². The fourth-order valence-electron chi connectivity index (χ4n) is 6.45. The van der Waals surface area contributed by atoms with Crippen molar-refractivity contribution >= 4 is 22.3 Å². The standard InChI is InChI=1S/C27H28N6/c1-18-13-31(24-7-4-19(12-28)26-23(24)3-2-9-29-26)15-25-22-6-5-21(11-20(22)14-33(18)25)32-16-27(17-32)8-10-30-27/h2-7,9,11,18,25,30H,8,10,13-17H2,1H3/t18-,25-/m1/s1. The van der Waals surface area contributed by atoms with Crippen LogP contribution in [0.15, 0.2) is 48.7 Å². The summed E-state index contributed by atoms with van der Waals surface area (Å²) in [6.45, 7) is 8.78. The molecule has 6 heteroatoms. The maximum atomic E-state index is 9.52. The number of piperazine rings is 1. The van der Waals surface area contributed by atoms with Crippen molar-refractivity contribution in [3.05, 3.63) is 65.4 Å². The monoisotopic (exact) mass is 436 g/mol. The lowest BCUT2D eigenvalue weighted by molar-refractivity contribution is 0.134. The molecule has 0 radical (unpaired) electrons. The van der Waals surface area contributed by atoms with Gasteiger partial charge in [0.05, 0.1) is 22.7 Å². The zero-order valence-electron chi connectivity index (χ0n) is 19.0. The molecule has 3 saturated heterocycles. The Balaban J connectivity index is 1.19. The number of aromatic nitrogens is 1. The summed E-state index contributed by atoms with van der Waals surface area (Å²) in [5.41, 5.74) is 7.38. The fourth-order valence-corrected chi connectivity index (χ4v) is 6.45. The van der Waals surface area contributed by atoms with Crippen LogP contribution in [0.25, 0.3) is 10.9 Å². The van der Waals surface area contributed by atoms with Crippen LogP contribution in [-0.4, -0.2) is 54.2 Å². The molecule has 0 aliphatic carbocycles. The van der Waals surface area contributed by atoms with Crippen LogP contribution < -0.4 is 15.1 Å². The van der Waals surface area contributed by atoms with Gasteiger partial charge in [0.1, 0.15) is 6.07 Å². The van der Waals surface area contributed by atoms with Gasteiger partial charge in [-0.2, -0.15) is 5.26 Å². The molecule has 7 rings (SSSR count). The van der Waals surface area contributed by atoms with Crippen molar-refractivity contribution in [3.8, 4) is 6.07 Å². The van der Waals surface area contributed by atoms with Gasteiger partial charge in [0, 0.05) is 61.7 Å². The molecule has 2 atom stereocenters. The van der Waals surface area contributed by atoms with E-state index < -0.39 is 0 Å². The third-order valence-electron chi connectivity index (χ3n) is 8.35. The number of pyridine rings is 1. The van der Waals surface area contributed by atoms with Gasteiger partial charge in [-0.3, -0.25) is 9.88 Å². The van der Waals surface area contributed by atoms with Crippen LogP contribution in [0.3, 0.4) is 0 Å². The van der Waals surface area contributed by atoms with E-state index in [1.165, 1.54) is 35.5 Å². The summed E-state index contributed by atoms with van der Waals surface area (Å²) in [6.07, 6.45) is 3.09. The molecule has 0 saturated carbocycles. The van der Waals surface area contributed by atoms with E-state index in [1.807, 2.05) is 12.1 Å². The molecule has 3 aromatic rings. The Labute approximate surface area is 194 Å². The van der Waals surface area contributed by atoms with Crippen LogP contribution in [0.4, 0.5) is 11.4 Å².